The van der Waals surface area contributed by atoms with E-state index in [2.05, 4.69) is 38.1 Å². The maximum absolute atomic E-state index is 4.24. The monoisotopic (exact) mass is 439 g/mol. The molecule has 0 saturated carbocycles. The number of nitrogens with one attached hydrogen (secondary N) is 3. The third kappa shape index (κ3) is 8.14. The Hall–Kier alpha value is -1.83. The van der Waals surface area contributed by atoms with Gasteiger partial charge >= 0.3 is 0 Å². The molecule has 0 aliphatic heterocycles. The molecule has 2 aromatic rings. The van der Waals surface area contributed by atoms with Gasteiger partial charge in [0.1, 0.15) is 5.82 Å². The van der Waals surface area contributed by atoms with Crippen LogP contribution in [0, 0.1) is 0 Å². The standard InChI is InChI=1S/C18H25N5.HI/c1-19-18(23-15-16-9-3-2-4-10-16)22-14-8-7-13-21-17-11-5-6-12-20-17;/h2-6,9-12H,7-8,13-15H2,1H3,(H,20,21)(H2,19,22,23);1H. The minimum absolute atomic E-state index is 0. The van der Waals surface area contributed by atoms with Gasteiger partial charge in [-0.25, -0.2) is 4.98 Å². The van der Waals surface area contributed by atoms with Crippen molar-refractivity contribution in [2.45, 2.75) is 19.4 Å². The number of anilines is 1. The molecule has 0 fully saturated rings. The van der Waals surface area contributed by atoms with Crippen LogP contribution in [0.4, 0.5) is 5.82 Å². The summed E-state index contributed by atoms with van der Waals surface area (Å²) in [4.78, 5) is 8.47. The summed E-state index contributed by atoms with van der Waals surface area (Å²) in [5.41, 5.74) is 1.25. The van der Waals surface area contributed by atoms with Crippen molar-refractivity contribution >= 4 is 35.8 Å². The van der Waals surface area contributed by atoms with Gasteiger partial charge < -0.3 is 16.0 Å². The number of unbranched alkanes of at least 4 members (excludes halogenated alkanes) is 1. The fraction of sp³-hybridized carbons (Fsp3) is 0.333. The Morgan fingerprint density at radius 3 is 2.42 bits per heavy atom. The molecule has 1 aromatic heterocycles. The Bertz CT molecular complexity index is 574. The molecule has 0 bridgehead atoms. The number of rotatable bonds is 8. The Labute approximate surface area is 161 Å². The van der Waals surface area contributed by atoms with Gasteiger partial charge in [-0.05, 0) is 30.5 Å². The van der Waals surface area contributed by atoms with Crippen LogP contribution in [0.5, 0.6) is 0 Å². The summed E-state index contributed by atoms with van der Waals surface area (Å²) in [7, 11) is 1.79. The van der Waals surface area contributed by atoms with Gasteiger partial charge in [0, 0.05) is 32.9 Å². The molecule has 0 aliphatic carbocycles. The first kappa shape index (κ1) is 20.2. The highest BCUT2D eigenvalue weighted by atomic mass is 127. The normalized spacial score (nSPS) is 10.6. The van der Waals surface area contributed by atoms with Crippen molar-refractivity contribution in [1.82, 2.24) is 15.6 Å². The molecule has 5 nitrogen and oxygen atoms in total. The third-order valence-corrected chi connectivity index (χ3v) is 3.39. The van der Waals surface area contributed by atoms with Gasteiger partial charge in [-0.2, -0.15) is 0 Å². The average Bonchev–Trinajstić information content (AvgIpc) is 2.62. The zero-order valence-electron chi connectivity index (χ0n) is 14.0. The van der Waals surface area contributed by atoms with Crippen LogP contribution in [0.3, 0.4) is 0 Å². The Kier molecular flexibility index (Phi) is 10.6. The van der Waals surface area contributed by atoms with Crippen molar-refractivity contribution in [3.63, 3.8) is 0 Å². The highest BCUT2D eigenvalue weighted by molar-refractivity contribution is 14.0. The van der Waals surface area contributed by atoms with Gasteiger partial charge in [-0.1, -0.05) is 36.4 Å². The van der Waals surface area contributed by atoms with E-state index < -0.39 is 0 Å². The molecule has 2 rings (SSSR count). The maximum Gasteiger partial charge on any atom is 0.191 e. The molecule has 6 heteroatoms. The van der Waals surface area contributed by atoms with E-state index in [0.717, 1.165) is 44.3 Å². The highest BCUT2D eigenvalue weighted by Crippen LogP contribution is 2.00. The molecule has 24 heavy (non-hydrogen) atoms. The van der Waals surface area contributed by atoms with E-state index in [0.29, 0.717) is 0 Å². The summed E-state index contributed by atoms with van der Waals surface area (Å²) in [6.45, 7) is 2.61. The smallest absolute Gasteiger partial charge is 0.191 e. The zero-order chi connectivity index (χ0) is 16.2. The predicted octanol–water partition coefficient (Wildman–Crippen LogP) is 3.26. The van der Waals surface area contributed by atoms with E-state index in [-0.39, 0.29) is 24.0 Å². The number of hydrogen-bond acceptors (Lipinski definition) is 3. The Morgan fingerprint density at radius 2 is 1.71 bits per heavy atom. The van der Waals surface area contributed by atoms with Crippen LogP contribution in [0.1, 0.15) is 18.4 Å². The molecule has 0 unspecified atom stereocenters. The molecular weight excluding hydrogens is 413 g/mol. The molecule has 0 radical (unpaired) electrons. The van der Waals surface area contributed by atoms with Crippen LogP contribution in [0.25, 0.3) is 0 Å². The second-order valence-electron chi connectivity index (χ2n) is 5.19. The van der Waals surface area contributed by atoms with Gasteiger partial charge in [0.2, 0.25) is 0 Å². The average molecular weight is 439 g/mol. The first-order valence-electron chi connectivity index (χ1n) is 8.02. The molecule has 130 valence electrons. The second-order valence-corrected chi connectivity index (χ2v) is 5.19. The fourth-order valence-corrected chi connectivity index (χ4v) is 2.14. The van der Waals surface area contributed by atoms with Gasteiger partial charge in [0.15, 0.2) is 5.96 Å². The van der Waals surface area contributed by atoms with Crippen LogP contribution < -0.4 is 16.0 Å². The van der Waals surface area contributed by atoms with Gasteiger partial charge in [-0.3, -0.25) is 4.99 Å². The van der Waals surface area contributed by atoms with Crippen LogP contribution >= 0.6 is 24.0 Å². The van der Waals surface area contributed by atoms with E-state index >= 15 is 0 Å². The minimum atomic E-state index is 0. The number of nitrogens with zero attached hydrogens (tertiary/aromatic N) is 2. The van der Waals surface area contributed by atoms with Crippen molar-refractivity contribution in [3.05, 3.63) is 60.3 Å². The van der Waals surface area contributed by atoms with Crippen LogP contribution in [0.15, 0.2) is 59.7 Å². The maximum atomic E-state index is 4.24. The quantitative estimate of drug-likeness (QED) is 0.256. The lowest BCUT2D eigenvalue weighted by Gasteiger charge is -2.12. The molecule has 3 N–H and O–H groups in total. The number of pyridine rings is 1. The first-order chi connectivity index (χ1) is 11.4. The van der Waals surface area contributed by atoms with E-state index in [9.17, 15) is 0 Å². The lowest BCUT2D eigenvalue weighted by atomic mass is 10.2. The summed E-state index contributed by atoms with van der Waals surface area (Å²) in [5, 5.41) is 9.96. The first-order valence-corrected chi connectivity index (χ1v) is 8.02. The molecule has 1 aromatic carbocycles. The molecule has 1 heterocycles. The predicted molar refractivity (Wildman–Crippen MR) is 112 cm³/mol. The van der Waals surface area contributed by atoms with Crippen molar-refractivity contribution < 1.29 is 0 Å². The fourth-order valence-electron chi connectivity index (χ4n) is 2.14. The minimum Gasteiger partial charge on any atom is -0.370 e. The number of guanidine groups is 1. The van der Waals surface area contributed by atoms with Gasteiger partial charge in [-0.15, -0.1) is 24.0 Å². The van der Waals surface area contributed by atoms with Crippen molar-refractivity contribution in [2.75, 3.05) is 25.5 Å². The Morgan fingerprint density at radius 1 is 0.958 bits per heavy atom. The lowest BCUT2D eigenvalue weighted by molar-refractivity contribution is 0.711. The van der Waals surface area contributed by atoms with Crippen molar-refractivity contribution in [1.29, 1.82) is 0 Å². The second kappa shape index (κ2) is 12.6. The van der Waals surface area contributed by atoms with E-state index in [1.54, 1.807) is 13.2 Å². The molecule has 0 spiro atoms. The van der Waals surface area contributed by atoms with Gasteiger partial charge in [0.05, 0.1) is 0 Å². The number of hydrogen-bond donors (Lipinski definition) is 3. The van der Waals surface area contributed by atoms with Crippen LogP contribution in [-0.2, 0) is 6.54 Å². The molecular formula is C18H26IN5. The van der Waals surface area contributed by atoms with Crippen molar-refractivity contribution in [3.8, 4) is 0 Å². The zero-order valence-corrected chi connectivity index (χ0v) is 16.4. The van der Waals surface area contributed by atoms with E-state index in [1.165, 1.54) is 5.56 Å². The molecule has 0 amide bonds. The number of benzene rings is 1. The van der Waals surface area contributed by atoms with Crippen molar-refractivity contribution in [2.24, 2.45) is 4.99 Å². The highest BCUT2D eigenvalue weighted by Gasteiger charge is 1.98. The summed E-state index contributed by atoms with van der Waals surface area (Å²) >= 11 is 0. The summed E-state index contributed by atoms with van der Waals surface area (Å²) in [6, 6.07) is 16.2. The number of aliphatic imine (C=N–C) groups is 1. The summed E-state index contributed by atoms with van der Waals surface area (Å²) < 4.78 is 0. The van der Waals surface area contributed by atoms with E-state index in [4.69, 9.17) is 0 Å². The summed E-state index contributed by atoms with van der Waals surface area (Å²) in [5.74, 6) is 1.77. The summed E-state index contributed by atoms with van der Waals surface area (Å²) in [6.07, 6.45) is 3.96. The number of halogens is 1. The molecule has 0 atom stereocenters. The molecule has 0 aliphatic rings. The van der Waals surface area contributed by atoms with Crippen LogP contribution in [-0.4, -0.2) is 31.1 Å². The Balaban J connectivity index is 0.00000288. The third-order valence-electron chi connectivity index (χ3n) is 3.39. The topological polar surface area (TPSA) is 61.3 Å². The lowest BCUT2D eigenvalue weighted by Crippen LogP contribution is -2.37. The largest absolute Gasteiger partial charge is 0.370 e. The SMILES string of the molecule is CN=C(NCCCCNc1ccccn1)NCc1ccccc1.I. The number of aromatic nitrogens is 1. The molecule has 0 saturated heterocycles. The van der Waals surface area contributed by atoms with Crippen LogP contribution in [0.2, 0.25) is 0 Å². The van der Waals surface area contributed by atoms with E-state index in [1.807, 2.05) is 36.4 Å². The van der Waals surface area contributed by atoms with Gasteiger partial charge in [0.25, 0.3) is 0 Å².